The van der Waals surface area contributed by atoms with Gasteiger partial charge in [-0.2, -0.15) is 13.2 Å². The third-order valence-electron chi connectivity index (χ3n) is 3.34. The second kappa shape index (κ2) is 7.66. The summed E-state index contributed by atoms with van der Waals surface area (Å²) in [5, 5.41) is 0.127. The fourth-order valence-electron chi connectivity index (χ4n) is 2.58. The third kappa shape index (κ3) is 4.48. The van der Waals surface area contributed by atoms with Gasteiger partial charge < -0.3 is 0 Å². The molecular formula is C17H17F3LiOP. The molecule has 2 aromatic carbocycles. The number of carbonyl (C=O) groups excluding carboxylic acids is 1. The van der Waals surface area contributed by atoms with Crippen molar-refractivity contribution in [2.24, 2.45) is 0 Å². The van der Waals surface area contributed by atoms with E-state index in [2.05, 4.69) is 0 Å². The Labute approximate surface area is 147 Å². The summed E-state index contributed by atoms with van der Waals surface area (Å²) >= 11 is 0. The van der Waals surface area contributed by atoms with Crippen LogP contribution in [0.5, 0.6) is 0 Å². The van der Waals surface area contributed by atoms with Gasteiger partial charge in [-0.25, -0.2) is 0 Å². The van der Waals surface area contributed by atoms with E-state index < -0.39 is 19.4 Å². The molecule has 0 saturated heterocycles. The standard InChI is InChI=1S/C17H16F3OP.Li.H/c1-11-9-12(2)15(13(3)10-11)22(17(18,19)20)16(21)14-7-5-4-6-8-14;;/h4-10H,1-3H3;;. The third-order valence-corrected chi connectivity index (χ3v) is 5.66. The van der Waals surface area contributed by atoms with E-state index in [1.165, 1.54) is 12.1 Å². The molecular weight excluding hydrogens is 315 g/mol. The first-order valence-corrected chi connectivity index (χ1v) is 8.10. The summed E-state index contributed by atoms with van der Waals surface area (Å²) in [5.74, 6) is -4.56. The number of alkyl halides is 3. The van der Waals surface area contributed by atoms with Crippen LogP contribution in [0.4, 0.5) is 13.2 Å². The summed E-state index contributed by atoms with van der Waals surface area (Å²) in [6.45, 7) is 5.10. The van der Waals surface area contributed by atoms with Crippen molar-refractivity contribution < 1.29 is 18.0 Å². The summed E-state index contributed by atoms with van der Waals surface area (Å²) < 4.78 is 40.8. The molecule has 0 N–H and O–H groups in total. The van der Waals surface area contributed by atoms with E-state index in [0.717, 1.165) is 5.56 Å². The number of aryl methyl sites for hydroxylation is 3. The molecule has 0 aromatic heterocycles. The molecule has 0 fully saturated rings. The number of benzene rings is 2. The van der Waals surface area contributed by atoms with Crippen LogP contribution in [-0.2, 0) is 0 Å². The Hall–Kier alpha value is -1.07. The number of hydrogen-bond acceptors (Lipinski definition) is 1. The van der Waals surface area contributed by atoms with E-state index in [-0.39, 0.29) is 29.7 Å². The minimum atomic E-state index is -4.56. The molecule has 118 valence electrons. The Kier molecular flexibility index (Phi) is 6.66. The van der Waals surface area contributed by atoms with Crippen molar-refractivity contribution in [2.45, 2.75) is 26.7 Å². The predicted molar refractivity (Wildman–Crippen MR) is 91.2 cm³/mol. The zero-order valence-electron chi connectivity index (χ0n) is 12.5. The van der Waals surface area contributed by atoms with Crippen molar-refractivity contribution in [3.05, 3.63) is 64.7 Å². The molecule has 2 aromatic rings. The fourth-order valence-corrected chi connectivity index (χ4v) is 4.51. The molecule has 0 aliphatic heterocycles. The van der Waals surface area contributed by atoms with Crippen molar-refractivity contribution in [1.29, 1.82) is 0 Å². The van der Waals surface area contributed by atoms with E-state index in [9.17, 15) is 18.0 Å². The monoisotopic (exact) mass is 332 g/mol. The molecule has 0 bridgehead atoms. The molecule has 0 heterocycles. The molecule has 2 rings (SSSR count). The maximum atomic E-state index is 13.6. The van der Waals surface area contributed by atoms with E-state index in [4.69, 9.17) is 0 Å². The molecule has 0 amide bonds. The zero-order chi connectivity index (χ0) is 16.5. The number of rotatable bonds is 3. The van der Waals surface area contributed by atoms with E-state index in [1.807, 2.05) is 6.92 Å². The van der Waals surface area contributed by atoms with Gasteiger partial charge in [0.1, 0.15) is 7.92 Å². The molecule has 0 aliphatic carbocycles. The van der Waals surface area contributed by atoms with Crippen molar-refractivity contribution >= 4 is 37.6 Å². The average molecular weight is 332 g/mol. The molecule has 6 heteroatoms. The van der Waals surface area contributed by atoms with Crippen LogP contribution in [-0.4, -0.2) is 30.3 Å². The van der Waals surface area contributed by atoms with Crippen LogP contribution in [0.15, 0.2) is 42.5 Å². The van der Waals surface area contributed by atoms with Gasteiger partial charge in [0.2, 0.25) is 0 Å². The van der Waals surface area contributed by atoms with Crippen LogP contribution in [0.3, 0.4) is 0 Å². The van der Waals surface area contributed by atoms with E-state index in [0.29, 0.717) is 11.1 Å². The Morgan fingerprint density at radius 1 is 0.957 bits per heavy atom. The van der Waals surface area contributed by atoms with Crippen LogP contribution in [0.25, 0.3) is 0 Å². The Balaban J connectivity index is 0.00000264. The molecule has 23 heavy (non-hydrogen) atoms. The molecule has 1 atom stereocenters. The molecule has 0 aliphatic rings. The Morgan fingerprint density at radius 2 is 1.43 bits per heavy atom. The van der Waals surface area contributed by atoms with Crippen molar-refractivity contribution in [3.63, 3.8) is 0 Å². The molecule has 0 saturated carbocycles. The topological polar surface area (TPSA) is 17.1 Å². The zero-order valence-corrected chi connectivity index (χ0v) is 13.4. The van der Waals surface area contributed by atoms with E-state index in [1.54, 1.807) is 44.2 Å². The van der Waals surface area contributed by atoms with Crippen LogP contribution in [0, 0.1) is 20.8 Å². The SMILES string of the molecule is Cc1cc(C)c(P(C(=O)c2ccccc2)C(F)(F)F)c(C)c1.[LiH]. The van der Waals surface area contributed by atoms with Gasteiger partial charge >= 0.3 is 24.8 Å². The average Bonchev–Trinajstić information content (AvgIpc) is 2.41. The summed E-state index contributed by atoms with van der Waals surface area (Å²) in [5.41, 5.74) is 1.18. The van der Waals surface area contributed by atoms with Gasteiger partial charge in [-0.1, -0.05) is 48.0 Å². The van der Waals surface area contributed by atoms with Crippen LogP contribution >= 0.6 is 7.92 Å². The Bertz CT molecular complexity index is 676. The van der Waals surface area contributed by atoms with Crippen LogP contribution < -0.4 is 5.30 Å². The van der Waals surface area contributed by atoms with Crippen LogP contribution in [0.2, 0.25) is 0 Å². The first-order chi connectivity index (χ1) is 10.2. The summed E-state index contributed by atoms with van der Waals surface area (Å²) in [6.07, 6.45) is 0. The normalized spacial score (nSPS) is 12.4. The minimum absolute atomic E-state index is 0. The van der Waals surface area contributed by atoms with Crippen molar-refractivity contribution in [1.82, 2.24) is 0 Å². The second-order valence-corrected chi connectivity index (χ2v) is 7.25. The predicted octanol–water partition coefficient (Wildman–Crippen LogP) is 4.43. The first kappa shape index (κ1) is 20.0. The quantitative estimate of drug-likeness (QED) is 0.600. The number of hydrogen-bond donors (Lipinski definition) is 0. The molecule has 0 radical (unpaired) electrons. The van der Waals surface area contributed by atoms with E-state index >= 15 is 0 Å². The molecule has 1 unspecified atom stereocenters. The van der Waals surface area contributed by atoms with Gasteiger partial charge in [-0.3, -0.25) is 4.79 Å². The fraction of sp³-hybridized carbons (Fsp3) is 0.235. The molecule has 0 spiro atoms. The summed E-state index contributed by atoms with van der Waals surface area (Å²) in [6, 6.07) is 11.1. The maximum absolute atomic E-state index is 13.6. The van der Waals surface area contributed by atoms with Gasteiger partial charge in [-0.05, 0) is 37.2 Å². The van der Waals surface area contributed by atoms with Crippen molar-refractivity contribution in [3.8, 4) is 0 Å². The van der Waals surface area contributed by atoms with Gasteiger partial charge in [0.05, 0.1) is 0 Å². The van der Waals surface area contributed by atoms with Gasteiger partial charge in [0.15, 0.2) is 5.52 Å². The van der Waals surface area contributed by atoms with Crippen LogP contribution in [0.1, 0.15) is 27.0 Å². The van der Waals surface area contributed by atoms with Gasteiger partial charge in [0, 0.05) is 5.56 Å². The summed E-state index contributed by atoms with van der Waals surface area (Å²) in [7, 11) is -2.93. The second-order valence-electron chi connectivity index (χ2n) is 5.22. The first-order valence-electron chi connectivity index (χ1n) is 6.76. The van der Waals surface area contributed by atoms with Crippen molar-refractivity contribution in [2.75, 3.05) is 0 Å². The number of carbonyl (C=O) groups is 1. The Morgan fingerprint density at radius 3 is 1.87 bits per heavy atom. The molecule has 1 nitrogen and oxygen atoms in total. The number of halogens is 3. The summed E-state index contributed by atoms with van der Waals surface area (Å²) in [4.78, 5) is 12.5. The van der Waals surface area contributed by atoms with Gasteiger partial charge in [0.25, 0.3) is 0 Å². The van der Waals surface area contributed by atoms with Gasteiger partial charge in [-0.15, -0.1) is 0 Å².